The van der Waals surface area contributed by atoms with Crippen molar-refractivity contribution in [3.8, 4) is 0 Å². The molecule has 0 unspecified atom stereocenters. The number of nitrogens with zero attached hydrogens (tertiary/aromatic N) is 4. The molecule has 0 aliphatic carbocycles. The number of nitrogens with one attached hydrogen (secondary N) is 2. The van der Waals surface area contributed by atoms with Gasteiger partial charge in [0.15, 0.2) is 0 Å². The van der Waals surface area contributed by atoms with Crippen molar-refractivity contribution in [2.75, 3.05) is 28.9 Å². The molecule has 0 saturated heterocycles. The number of benzene rings is 2. The largest absolute Gasteiger partial charge is 0.322 e. The molecule has 2 aromatic carbocycles. The third-order valence-electron chi connectivity index (χ3n) is 4.19. The molecule has 138 valence electrons. The van der Waals surface area contributed by atoms with Gasteiger partial charge in [-0.1, -0.05) is 0 Å². The summed E-state index contributed by atoms with van der Waals surface area (Å²) in [5.41, 5.74) is 11.2. The molecule has 2 N–H and O–H groups in total. The number of rotatable bonds is 8. The summed E-state index contributed by atoms with van der Waals surface area (Å²) >= 11 is 0. The number of hydrazine groups is 1. The van der Waals surface area contributed by atoms with E-state index in [1.807, 2.05) is 43.2 Å². The minimum atomic E-state index is 0.775. The fraction of sp³-hybridized carbons (Fsp3) is 0.143. The van der Waals surface area contributed by atoms with Crippen molar-refractivity contribution in [2.24, 2.45) is 5.10 Å². The number of aromatic nitrogens is 1. The number of pyridine rings is 1. The Hall–Kier alpha value is -3.38. The van der Waals surface area contributed by atoms with E-state index < -0.39 is 0 Å². The summed E-state index contributed by atoms with van der Waals surface area (Å²) in [7, 11) is 1.84. The van der Waals surface area contributed by atoms with Crippen molar-refractivity contribution in [3.05, 3.63) is 73.1 Å². The Balaban J connectivity index is 1.99. The fourth-order valence-corrected chi connectivity index (χ4v) is 2.92. The normalized spacial score (nSPS) is 10.3. The van der Waals surface area contributed by atoms with Crippen LogP contribution in [0.15, 0.2) is 78.2 Å². The van der Waals surface area contributed by atoms with Crippen molar-refractivity contribution < 1.29 is 0 Å². The van der Waals surface area contributed by atoms with Crippen LogP contribution >= 0.6 is 0 Å². The highest BCUT2D eigenvalue weighted by Gasteiger charge is 2.13. The monoisotopic (exact) mass is 360 g/mol. The van der Waals surface area contributed by atoms with Gasteiger partial charge in [0.2, 0.25) is 0 Å². The van der Waals surface area contributed by atoms with Crippen LogP contribution in [0.3, 0.4) is 0 Å². The summed E-state index contributed by atoms with van der Waals surface area (Å²) in [5.74, 6) is 0. The number of hydrazone groups is 1. The Morgan fingerprint density at radius 3 is 1.89 bits per heavy atom. The predicted octanol–water partition coefficient (Wildman–Crippen LogP) is 4.54. The van der Waals surface area contributed by atoms with Gasteiger partial charge >= 0.3 is 0 Å². The van der Waals surface area contributed by atoms with Gasteiger partial charge in [0, 0.05) is 55.5 Å². The average Bonchev–Trinajstić information content (AvgIpc) is 2.72. The minimum absolute atomic E-state index is 0.775. The maximum Gasteiger partial charge on any atom is 0.0595 e. The van der Waals surface area contributed by atoms with Gasteiger partial charge in [-0.05, 0) is 67.6 Å². The summed E-state index contributed by atoms with van der Waals surface area (Å²) in [6.45, 7) is 6.45. The fourth-order valence-electron chi connectivity index (χ4n) is 2.92. The Morgan fingerprint density at radius 1 is 0.852 bits per heavy atom. The van der Waals surface area contributed by atoms with Gasteiger partial charge in [-0.2, -0.15) is 5.10 Å². The molecule has 3 aromatic rings. The van der Waals surface area contributed by atoms with Crippen LogP contribution in [-0.2, 0) is 0 Å². The molecule has 27 heavy (non-hydrogen) atoms. The van der Waals surface area contributed by atoms with Gasteiger partial charge in [-0.15, -0.1) is 0 Å². The smallest absolute Gasteiger partial charge is 0.0595 e. The van der Waals surface area contributed by atoms with E-state index in [4.69, 9.17) is 0 Å². The summed E-state index contributed by atoms with van der Waals surface area (Å²) in [6.07, 6.45) is 3.60. The van der Waals surface area contributed by atoms with Crippen LogP contribution in [0.25, 0.3) is 0 Å². The van der Waals surface area contributed by atoms with E-state index in [1.165, 1.54) is 0 Å². The van der Waals surface area contributed by atoms with Gasteiger partial charge < -0.3 is 10.3 Å². The molecule has 0 spiro atoms. The molecule has 0 fully saturated rings. The van der Waals surface area contributed by atoms with Crippen LogP contribution in [0.4, 0.5) is 28.4 Å². The topological polar surface area (TPSA) is 55.8 Å². The van der Waals surface area contributed by atoms with E-state index in [0.717, 1.165) is 35.0 Å². The Bertz CT molecular complexity index is 846. The molecule has 0 aliphatic heterocycles. The molecule has 0 saturated carbocycles. The molecule has 0 aliphatic rings. The van der Waals surface area contributed by atoms with Crippen LogP contribution in [-0.4, -0.2) is 25.3 Å². The SMILES string of the molecule is C=NN(CC)c1ccc(N(c2ccncc2)c2ccc(NNC)cc2)cc1. The minimum Gasteiger partial charge on any atom is -0.322 e. The second kappa shape index (κ2) is 8.82. The highest BCUT2D eigenvalue weighted by molar-refractivity contribution is 5.77. The molecule has 0 amide bonds. The van der Waals surface area contributed by atoms with Gasteiger partial charge in [-0.25, -0.2) is 5.43 Å². The average molecular weight is 360 g/mol. The van der Waals surface area contributed by atoms with Crippen molar-refractivity contribution >= 4 is 35.2 Å². The van der Waals surface area contributed by atoms with Crippen molar-refractivity contribution in [1.29, 1.82) is 0 Å². The lowest BCUT2D eigenvalue weighted by atomic mass is 10.2. The van der Waals surface area contributed by atoms with Crippen molar-refractivity contribution in [2.45, 2.75) is 6.92 Å². The highest BCUT2D eigenvalue weighted by atomic mass is 15.4. The first-order valence-corrected chi connectivity index (χ1v) is 8.84. The van der Waals surface area contributed by atoms with Gasteiger partial charge in [-0.3, -0.25) is 9.99 Å². The van der Waals surface area contributed by atoms with E-state index in [-0.39, 0.29) is 0 Å². The molecular weight excluding hydrogens is 336 g/mol. The first-order chi connectivity index (χ1) is 13.3. The first kappa shape index (κ1) is 18.4. The lowest BCUT2D eigenvalue weighted by Crippen LogP contribution is -2.15. The zero-order valence-corrected chi connectivity index (χ0v) is 15.6. The molecular formula is C21H24N6. The lowest BCUT2D eigenvalue weighted by Gasteiger charge is -2.26. The number of anilines is 5. The second-order valence-electron chi connectivity index (χ2n) is 5.84. The molecule has 6 heteroatoms. The molecule has 1 heterocycles. The molecule has 0 atom stereocenters. The summed E-state index contributed by atoms with van der Waals surface area (Å²) in [5, 5.41) is 5.90. The summed E-state index contributed by atoms with van der Waals surface area (Å²) in [6, 6.07) is 20.5. The number of hydrogen-bond donors (Lipinski definition) is 2. The Kier molecular flexibility index (Phi) is 6.02. The summed E-state index contributed by atoms with van der Waals surface area (Å²) in [4.78, 5) is 6.33. The molecule has 3 rings (SSSR count). The van der Waals surface area contributed by atoms with Crippen molar-refractivity contribution in [1.82, 2.24) is 10.4 Å². The quantitative estimate of drug-likeness (QED) is 0.456. The van der Waals surface area contributed by atoms with E-state index in [1.54, 1.807) is 12.4 Å². The zero-order valence-electron chi connectivity index (χ0n) is 15.6. The van der Waals surface area contributed by atoms with Gasteiger partial charge in [0.25, 0.3) is 0 Å². The Labute approximate surface area is 160 Å². The molecule has 0 radical (unpaired) electrons. The molecule has 6 nitrogen and oxygen atoms in total. The van der Waals surface area contributed by atoms with E-state index in [2.05, 4.69) is 69.0 Å². The Morgan fingerprint density at radius 2 is 1.37 bits per heavy atom. The number of hydrogen-bond acceptors (Lipinski definition) is 6. The third-order valence-corrected chi connectivity index (χ3v) is 4.19. The van der Waals surface area contributed by atoms with Crippen molar-refractivity contribution in [3.63, 3.8) is 0 Å². The summed E-state index contributed by atoms with van der Waals surface area (Å²) < 4.78 is 0. The van der Waals surface area contributed by atoms with E-state index in [9.17, 15) is 0 Å². The maximum absolute atomic E-state index is 4.14. The van der Waals surface area contributed by atoms with Crippen LogP contribution in [0.2, 0.25) is 0 Å². The van der Waals surface area contributed by atoms with Gasteiger partial charge in [0.1, 0.15) is 0 Å². The first-order valence-electron chi connectivity index (χ1n) is 8.84. The lowest BCUT2D eigenvalue weighted by molar-refractivity contribution is 0.901. The van der Waals surface area contributed by atoms with Crippen LogP contribution in [0, 0.1) is 0 Å². The molecule has 1 aromatic heterocycles. The van der Waals surface area contributed by atoms with Gasteiger partial charge in [0.05, 0.1) is 5.69 Å². The zero-order chi connectivity index (χ0) is 19.1. The van der Waals surface area contributed by atoms with E-state index >= 15 is 0 Å². The predicted molar refractivity (Wildman–Crippen MR) is 114 cm³/mol. The highest BCUT2D eigenvalue weighted by Crippen LogP contribution is 2.35. The van der Waals surface area contributed by atoms with Crippen LogP contribution in [0.1, 0.15) is 6.92 Å². The van der Waals surface area contributed by atoms with Crippen LogP contribution in [0.5, 0.6) is 0 Å². The van der Waals surface area contributed by atoms with E-state index in [0.29, 0.717) is 0 Å². The van der Waals surface area contributed by atoms with Crippen LogP contribution < -0.4 is 20.8 Å². The standard InChI is InChI=1S/C21H24N6/c1-4-26(23-3)18-9-11-20(12-10-18)27(21-13-15-24-16-14-21)19-7-5-17(6-8-19)25-22-2/h5-16,22,25H,3-4H2,1-2H3. The second-order valence-corrected chi connectivity index (χ2v) is 5.84. The maximum atomic E-state index is 4.14. The third kappa shape index (κ3) is 4.24. The molecule has 0 bridgehead atoms.